The molecule has 0 aliphatic heterocycles. The van der Waals surface area contributed by atoms with E-state index < -0.39 is 22.9 Å². The molecule has 1 aromatic carbocycles. The highest BCUT2D eigenvalue weighted by Gasteiger charge is 2.38. The van der Waals surface area contributed by atoms with Gasteiger partial charge in [0.2, 0.25) is 0 Å². The lowest BCUT2D eigenvalue weighted by Gasteiger charge is -2.41. The van der Waals surface area contributed by atoms with Crippen molar-refractivity contribution in [1.29, 1.82) is 0 Å². The zero-order chi connectivity index (χ0) is 27.5. The van der Waals surface area contributed by atoms with Crippen LogP contribution in [0.15, 0.2) is 53.8 Å². The van der Waals surface area contributed by atoms with E-state index in [2.05, 4.69) is 27.4 Å². The minimum Gasteiger partial charge on any atom is -0.320 e. The first-order valence-electron chi connectivity index (χ1n) is 13.4. The summed E-state index contributed by atoms with van der Waals surface area (Å²) in [5.74, 6) is 1.31. The van der Waals surface area contributed by atoms with E-state index in [1.807, 2.05) is 36.7 Å². The van der Waals surface area contributed by atoms with Crippen LogP contribution in [0, 0.1) is 5.92 Å². The first kappa shape index (κ1) is 25.7. The Kier molecular flexibility index (Phi) is 6.13. The Hall–Kier alpha value is -3.53. The molecule has 0 bridgehead atoms. The lowest BCUT2D eigenvalue weighted by molar-refractivity contribution is -0.136. The molecule has 1 N–H and O–H groups in total. The molecule has 2 atom stereocenters. The van der Waals surface area contributed by atoms with Crippen molar-refractivity contribution in [3.05, 3.63) is 81.9 Å². The van der Waals surface area contributed by atoms with Gasteiger partial charge in [-0.3, -0.25) is 9.20 Å². The second kappa shape index (κ2) is 9.29. The third kappa shape index (κ3) is 4.75. The second-order valence-electron chi connectivity index (χ2n) is 11.4. The maximum atomic E-state index is 14.1. The Morgan fingerprint density at radius 2 is 1.92 bits per heavy atom. The minimum atomic E-state index is -4.66. The van der Waals surface area contributed by atoms with Crippen molar-refractivity contribution in [2.24, 2.45) is 13.0 Å². The molecule has 39 heavy (non-hydrogen) atoms. The van der Waals surface area contributed by atoms with Crippen LogP contribution in [0.3, 0.4) is 0 Å². The number of fused-ring (bicyclic) bond motifs is 1. The van der Waals surface area contributed by atoms with Crippen LogP contribution in [0.25, 0.3) is 16.8 Å². The van der Waals surface area contributed by atoms with Crippen LogP contribution >= 0.6 is 0 Å². The molecule has 0 amide bonds. The molecule has 0 saturated heterocycles. The molecule has 2 saturated carbocycles. The Bertz CT molecular complexity index is 1600. The van der Waals surface area contributed by atoms with E-state index in [4.69, 9.17) is 0 Å². The fourth-order valence-electron chi connectivity index (χ4n) is 5.84. The van der Waals surface area contributed by atoms with Crippen molar-refractivity contribution in [1.82, 2.24) is 29.5 Å². The van der Waals surface area contributed by atoms with Gasteiger partial charge in [-0.15, -0.1) is 10.2 Å². The highest BCUT2D eigenvalue weighted by Crippen LogP contribution is 2.46. The number of aryl methyl sites for hydroxylation is 1. The molecule has 0 radical (unpaired) electrons. The molecule has 3 heterocycles. The van der Waals surface area contributed by atoms with Crippen LogP contribution in [-0.4, -0.2) is 29.7 Å². The largest absolute Gasteiger partial charge is 0.419 e. The molecule has 2 aliphatic carbocycles. The maximum absolute atomic E-state index is 14.1. The van der Waals surface area contributed by atoms with Crippen molar-refractivity contribution in [3.63, 3.8) is 0 Å². The van der Waals surface area contributed by atoms with Gasteiger partial charge < -0.3 is 9.88 Å². The molecule has 10 heteroatoms. The van der Waals surface area contributed by atoms with Gasteiger partial charge in [-0.25, -0.2) is 4.98 Å². The number of nitrogens with one attached hydrogen (secondary N) is 1. The van der Waals surface area contributed by atoms with Crippen molar-refractivity contribution in [2.75, 3.05) is 0 Å². The number of alkyl halides is 3. The van der Waals surface area contributed by atoms with Crippen LogP contribution in [-0.2, 0) is 13.2 Å². The first-order chi connectivity index (χ1) is 18.5. The van der Waals surface area contributed by atoms with Gasteiger partial charge in [0, 0.05) is 36.9 Å². The molecule has 3 aromatic heterocycles. The lowest BCUT2D eigenvalue weighted by atomic mass is 9.78. The number of hydrogen-bond donors (Lipinski definition) is 1. The zero-order valence-corrected chi connectivity index (χ0v) is 22.2. The SMILES string of the molecule is CC(NC1(C)CCC1)c1cc(C(F)(F)F)c2ncc(-c3cccc(C(c4nncn4C)C4CC4)c3)c(=O)n2c1. The van der Waals surface area contributed by atoms with E-state index in [1.165, 1.54) is 12.4 Å². The summed E-state index contributed by atoms with van der Waals surface area (Å²) in [7, 11) is 1.91. The average molecular weight is 537 g/mol. The highest BCUT2D eigenvalue weighted by atomic mass is 19.4. The number of pyridine rings is 1. The number of aromatic nitrogens is 5. The summed E-state index contributed by atoms with van der Waals surface area (Å²) in [5.41, 5.74) is 0.292. The van der Waals surface area contributed by atoms with E-state index >= 15 is 0 Å². The van der Waals surface area contributed by atoms with Crippen molar-refractivity contribution in [2.45, 2.75) is 69.6 Å². The molecular weight excluding hydrogens is 505 g/mol. The van der Waals surface area contributed by atoms with Crippen LogP contribution in [0.1, 0.15) is 80.4 Å². The molecule has 4 aromatic rings. The Labute approximate surface area is 224 Å². The molecular formula is C29H31F3N6O. The van der Waals surface area contributed by atoms with Gasteiger partial charge in [0.15, 0.2) is 5.65 Å². The highest BCUT2D eigenvalue weighted by molar-refractivity contribution is 5.65. The minimum absolute atomic E-state index is 0.0249. The summed E-state index contributed by atoms with van der Waals surface area (Å²) in [6, 6.07) is 8.34. The number of rotatable bonds is 7. The Morgan fingerprint density at radius 3 is 2.54 bits per heavy atom. The van der Waals surface area contributed by atoms with E-state index in [-0.39, 0.29) is 23.1 Å². The van der Waals surface area contributed by atoms with Gasteiger partial charge in [0.05, 0.1) is 11.1 Å². The van der Waals surface area contributed by atoms with Crippen LogP contribution in [0.2, 0.25) is 0 Å². The third-order valence-electron chi connectivity index (χ3n) is 8.33. The predicted molar refractivity (Wildman–Crippen MR) is 141 cm³/mol. The molecule has 2 unspecified atom stereocenters. The van der Waals surface area contributed by atoms with E-state index in [1.54, 1.807) is 12.4 Å². The van der Waals surface area contributed by atoms with Crippen molar-refractivity contribution in [3.8, 4) is 11.1 Å². The number of nitrogens with zero attached hydrogens (tertiary/aromatic N) is 5. The van der Waals surface area contributed by atoms with E-state index in [9.17, 15) is 18.0 Å². The third-order valence-corrected chi connectivity index (χ3v) is 8.33. The number of halogens is 3. The average Bonchev–Trinajstić information content (AvgIpc) is 3.63. The topological polar surface area (TPSA) is 77.1 Å². The van der Waals surface area contributed by atoms with E-state index in [0.29, 0.717) is 17.0 Å². The molecule has 0 spiro atoms. The lowest BCUT2D eigenvalue weighted by Crippen LogP contribution is -2.49. The second-order valence-corrected chi connectivity index (χ2v) is 11.4. The van der Waals surface area contributed by atoms with Crippen LogP contribution in [0.5, 0.6) is 0 Å². The number of hydrogen-bond acceptors (Lipinski definition) is 5. The summed E-state index contributed by atoms with van der Waals surface area (Å²) >= 11 is 0. The summed E-state index contributed by atoms with van der Waals surface area (Å²) in [6.07, 6.45) is 4.96. The maximum Gasteiger partial charge on any atom is 0.419 e. The molecule has 2 fully saturated rings. The summed E-state index contributed by atoms with van der Waals surface area (Å²) < 4.78 is 45.4. The number of benzene rings is 1. The molecule has 204 valence electrons. The summed E-state index contributed by atoms with van der Waals surface area (Å²) in [5, 5.41) is 11.8. The summed E-state index contributed by atoms with van der Waals surface area (Å²) in [4.78, 5) is 17.9. The Morgan fingerprint density at radius 1 is 1.15 bits per heavy atom. The molecule has 2 aliphatic rings. The van der Waals surface area contributed by atoms with Gasteiger partial charge in [-0.05, 0) is 74.6 Å². The monoisotopic (exact) mass is 536 g/mol. The normalized spacial score (nSPS) is 18.6. The van der Waals surface area contributed by atoms with Gasteiger partial charge in [0.25, 0.3) is 5.56 Å². The molecule has 6 rings (SSSR count). The first-order valence-corrected chi connectivity index (χ1v) is 13.4. The van der Waals surface area contributed by atoms with Gasteiger partial charge in [0.1, 0.15) is 12.2 Å². The van der Waals surface area contributed by atoms with Crippen LogP contribution in [0.4, 0.5) is 13.2 Å². The molecule has 7 nitrogen and oxygen atoms in total. The Balaban J connectivity index is 1.45. The smallest absolute Gasteiger partial charge is 0.320 e. The predicted octanol–water partition coefficient (Wildman–Crippen LogP) is 5.64. The van der Waals surface area contributed by atoms with Gasteiger partial charge in [-0.2, -0.15) is 13.2 Å². The fourth-order valence-corrected chi connectivity index (χ4v) is 5.84. The summed E-state index contributed by atoms with van der Waals surface area (Å²) in [6.45, 7) is 3.91. The van der Waals surface area contributed by atoms with Crippen molar-refractivity contribution < 1.29 is 13.2 Å². The zero-order valence-electron chi connectivity index (χ0n) is 22.2. The fraction of sp³-hybridized carbons (Fsp3) is 0.448. The van der Waals surface area contributed by atoms with Crippen molar-refractivity contribution >= 4 is 5.65 Å². The quantitative estimate of drug-likeness (QED) is 0.331. The van der Waals surface area contributed by atoms with Gasteiger partial charge in [-0.1, -0.05) is 24.3 Å². The van der Waals surface area contributed by atoms with Gasteiger partial charge >= 0.3 is 6.18 Å². The van der Waals surface area contributed by atoms with Crippen LogP contribution < -0.4 is 10.9 Å². The standard InChI is InChI=1S/C29H31F3N6O/c1-17(35-28(2)10-5-11-28)21-13-23(29(30,31)32)25-33-14-22(27(39)38(25)15-21)19-6-4-7-20(12-19)24(18-8-9-18)26-36-34-16-37(26)3/h4,6-7,12-18,24,35H,5,8-11H2,1-3H3. The van der Waals surface area contributed by atoms with E-state index in [0.717, 1.165) is 54.0 Å².